The molecule has 0 bridgehead atoms. The molecule has 168 valence electrons. The molecule has 0 aliphatic carbocycles. The van der Waals surface area contributed by atoms with Crippen LogP contribution in [0.5, 0.6) is 11.5 Å². The van der Waals surface area contributed by atoms with Crippen LogP contribution in [0.25, 0.3) is 0 Å². The van der Waals surface area contributed by atoms with E-state index in [2.05, 4.69) is 5.32 Å². The monoisotopic (exact) mass is 423 g/mol. The van der Waals surface area contributed by atoms with E-state index in [1.54, 1.807) is 39.8 Å². The molecule has 0 fully saturated rings. The summed E-state index contributed by atoms with van der Waals surface area (Å²) in [5.41, 5.74) is 0.435. The highest BCUT2D eigenvalue weighted by atomic mass is 16.6. The molecule has 0 aliphatic rings. The lowest BCUT2D eigenvalue weighted by atomic mass is 10.0. The van der Waals surface area contributed by atoms with E-state index in [4.69, 9.17) is 18.9 Å². The lowest BCUT2D eigenvalue weighted by Gasteiger charge is -2.20. The molecule has 0 saturated heterocycles. The number of benzene rings is 1. The molecule has 0 saturated carbocycles. The highest BCUT2D eigenvalue weighted by molar-refractivity contribution is 5.80. The van der Waals surface area contributed by atoms with Crippen LogP contribution >= 0.6 is 0 Å². The van der Waals surface area contributed by atoms with E-state index in [1.165, 1.54) is 0 Å². The fraction of sp³-hybridized carbons (Fsp3) is 0.591. The summed E-state index contributed by atoms with van der Waals surface area (Å²) in [6.07, 6.45) is 0.505. The number of nitrogens with one attached hydrogen (secondary N) is 1. The fourth-order valence-corrected chi connectivity index (χ4v) is 2.55. The van der Waals surface area contributed by atoms with Gasteiger partial charge in [0.05, 0.1) is 19.3 Å². The zero-order valence-electron chi connectivity index (χ0n) is 18.7. The number of carbonyl (C=O) groups excluding carboxylic acids is 3. The van der Waals surface area contributed by atoms with Crippen molar-refractivity contribution in [1.29, 1.82) is 0 Å². The average molecular weight is 424 g/mol. The van der Waals surface area contributed by atoms with Gasteiger partial charge in [0.1, 0.15) is 23.7 Å². The van der Waals surface area contributed by atoms with Gasteiger partial charge in [-0.15, -0.1) is 0 Å². The Bertz CT molecular complexity index is 723. The summed E-state index contributed by atoms with van der Waals surface area (Å²) in [4.78, 5) is 35.0. The molecule has 0 atom stereocenters. The minimum Gasteiger partial charge on any atom is -0.492 e. The van der Waals surface area contributed by atoms with Gasteiger partial charge >= 0.3 is 12.1 Å². The smallest absolute Gasteiger partial charge is 0.407 e. The van der Waals surface area contributed by atoms with E-state index >= 15 is 0 Å². The summed E-state index contributed by atoms with van der Waals surface area (Å²) in [5.74, 6) is 0.575. The number of ether oxygens (including phenoxy) is 4. The van der Waals surface area contributed by atoms with Crippen LogP contribution in [0.3, 0.4) is 0 Å². The summed E-state index contributed by atoms with van der Waals surface area (Å²) >= 11 is 0. The van der Waals surface area contributed by atoms with Gasteiger partial charge in [0.2, 0.25) is 0 Å². The van der Waals surface area contributed by atoms with Crippen LogP contribution in [0.2, 0.25) is 0 Å². The maximum atomic E-state index is 11.7. The Labute approximate surface area is 178 Å². The second-order valence-electron chi connectivity index (χ2n) is 7.86. The van der Waals surface area contributed by atoms with Crippen LogP contribution in [-0.4, -0.2) is 49.8 Å². The van der Waals surface area contributed by atoms with Gasteiger partial charge in [-0.3, -0.25) is 9.59 Å². The molecule has 1 rings (SSSR count). The van der Waals surface area contributed by atoms with E-state index in [-0.39, 0.29) is 31.6 Å². The van der Waals surface area contributed by atoms with Gasteiger partial charge in [-0.1, -0.05) is 0 Å². The van der Waals surface area contributed by atoms with Crippen molar-refractivity contribution in [3.63, 3.8) is 0 Å². The second kappa shape index (κ2) is 12.0. The molecule has 8 nitrogen and oxygen atoms in total. The third kappa shape index (κ3) is 9.62. The molecule has 0 spiro atoms. The number of hydrogen-bond acceptors (Lipinski definition) is 7. The standard InChI is InChI=1S/C22H33NO7/c1-7-27-20(25)9-8-18-16(14-24)12-17(13-19(18)29-15(2)3)28-11-10-23-21(26)30-22(4,5)6/h12-15H,7-11H2,1-6H3,(H,23,26). The van der Waals surface area contributed by atoms with Crippen LogP contribution in [0.1, 0.15) is 63.9 Å². The normalized spacial score (nSPS) is 11.0. The first kappa shape index (κ1) is 25.3. The minimum atomic E-state index is -0.577. The number of alkyl carbamates (subject to hydrolysis) is 1. The highest BCUT2D eigenvalue weighted by Crippen LogP contribution is 2.30. The van der Waals surface area contributed by atoms with Crippen molar-refractivity contribution in [3.05, 3.63) is 23.3 Å². The Kier molecular flexibility index (Phi) is 10.1. The first-order valence-electron chi connectivity index (χ1n) is 10.1. The molecule has 1 amide bonds. The highest BCUT2D eigenvalue weighted by Gasteiger charge is 2.17. The van der Waals surface area contributed by atoms with Gasteiger partial charge in [-0.05, 0) is 54.0 Å². The van der Waals surface area contributed by atoms with Crippen molar-refractivity contribution in [2.45, 2.75) is 66.1 Å². The summed E-state index contributed by atoms with van der Waals surface area (Å²) in [5, 5.41) is 2.60. The van der Waals surface area contributed by atoms with Crippen molar-refractivity contribution >= 4 is 18.3 Å². The average Bonchev–Trinajstić information content (AvgIpc) is 2.62. The van der Waals surface area contributed by atoms with Crippen molar-refractivity contribution in [2.75, 3.05) is 19.8 Å². The van der Waals surface area contributed by atoms with Crippen LogP contribution < -0.4 is 14.8 Å². The molecular formula is C22H33NO7. The Hall–Kier alpha value is -2.77. The predicted octanol–water partition coefficient (Wildman–Crippen LogP) is 3.69. The van der Waals surface area contributed by atoms with Gasteiger partial charge < -0.3 is 24.3 Å². The van der Waals surface area contributed by atoms with E-state index in [1.807, 2.05) is 13.8 Å². The lowest BCUT2D eigenvalue weighted by molar-refractivity contribution is -0.143. The number of hydrogen-bond donors (Lipinski definition) is 1. The van der Waals surface area contributed by atoms with Crippen LogP contribution in [-0.2, 0) is 20.7 Å². The van der Waals surface area contributed by atoms with Crippen LogP contribution in [0.4, 0.5) is 4.79 Å². The summed E-state index contributed by atoms with van der Waals surface area (Å²) < 4.78 is 21.6. The second-order valence-corrected chi connectivity index (χ2v) is 7.86. The third-order valence-electron chi connectivity index (χ3n) is 3.63. The van der Waals surface area contributed by atoms with E-state index < -0.39 is 11.7 Å². The molecule has 1 N–H and O–H groups in total. The third-order valence-corrected chi connectivity index (χ3v) is 3.63. The van der Waals surface area contributed by atoms with Gasteiger partial charge in [-0.25, -0.2) is 4.79 Å². The number of rotatable bonds is 11. The quantitative estimate of drug-likeness (QED) is 0.329. The van der Waals surface area contributed by atoms with Crippen LogP contribution in [0.15, 0.2) is 12.1 Å². The Morgan fingerprint density at radius 3 is 2.47 bits per heavy atom. The number of aldehydes is 1. The lowest BCUT2D eigenvalue weighted by Crippen LogP contribution is -2.34. The molecule has 1 aromatic rings. The Morgan fingerprint density at radius 1 is 1.20 bits per heavy atom. The number of esters is 1. The zero-order chi connectivity index (χ0) is 22.7. The Morgan fingerprint density at radius 2 is 1.90 bits per heavy atom. The fourth-order valence-electron chi connectivity index (χ4n) is 2.55. The molecule has 30 heavy (non-hydrogen) atoms. The first-order valence-corrected chi connectivity index (χ1v) is 10.1. The maximum absolute atomic E-state index is 11.7. The molecule has 0 radical (unpaired) electrons. The number of amides is 1. The molecule has 0 aliphatic heterocycles. The largest absolute Gasteiger partial charge is 0.492 e. The summed E-state index contributed by atoms with van der Waals surface area (Å²) in [6.45, 7) is 11.5. The van der Waals surface area contributed by atoms with Gasteiger partial charge in [0.25, 0.3) is 0 Å². The predicted molar refractivity (Wildman–Crippen MR) is 112 cm³/mol. The molecular weight excluding hydrogens is 390 g/mol. The van der Waals surface area contributed by atoms with Gasteiger partial charge in [0.15, 0.2) is 6.29 Å². The summed E-state index contributed by atoms with van der Waals surface area (Å²) in [7, 11) is 0. The van der Waals surface area contributed by atoms with E-state index in [0.29, 0.717) is 41.9 Å². The number of carbonyl (C=O) groups is 3. The Balaban J connectivity index is 2.84. The van der Waals surface area contributed by atoms with E-state index in [9.17, 15) is 14.4 Å². The SMILES string of the molecule is CCOC(=O)CCc1c(C=O)cc(OCCNC(=O)OC(C)(C)C)cc1OC(C)C. The molecule has 8 heteroatoms. The van der Waals surface area contributed by atoms with Crippen molar-refractivity contribution in [1.82, 2.24) is 5.32 Å². The minimum absolute atomic E-state index is 0.130. The maximum Gasteiger partial charge on any atom is 0.407 e. The van der Waals surface area contributed by atoms with Gasteiger partial charge in [0, 0.05) is 23.6 Å². The van der Waals surface area contributed by atoms with Crippen molar-refractivity contribution < 1.29 is 33.3 Å². The molecule has 0 heterocycles. The first-order chi connectivity index (χ1) is 14.1. The zero-order valence-corrected chi connectivity index (χ0v) is 18.7. The van der Waals surface area contributed by atoms with Gasteiger partial charge in [-0.2, -0.15) is 0 Å². The molecule has 0 unspecified atom stereocenters. The van der Waals surface area contributed by atoms with Crippen molar-refractivity contribution in [2.24, 2.45) is 0 Å². The summed E-state index contributed by atoms with van der Waals surface area (Å²) in [6, 6.07) is 3.27. The molecule has 1 aromatic carbocycles. The molecule has 0 aromatic heterocycles. The van der Waals surface area contributed by atoms with Crippen molar-refractivity contribution in [3.8, 4) is 11.5 Å². The topological polar surface area (TPSA) is 100 Å². The van der Waals surface area contributed by atoms with E-state index in [0.717, 1.165) is 0 Å². The van der Waals surface area contributed by atoms with Crippen LogP contribution in [0, 0.1) is 0 Å².